The highest BCUT2D eigenvalue weighted by Crippen LogP contribution is 2.44. The van der Waals surface area contributed by atoms with Crippen LogP contribution in [-0.4, -0.2) is 54.5 Å². The van der Waals surface area contributed by atoms with Crippen LogP contribution in [0.4, 0.5) is 4.79 Å². The molecule has 0 unspecified atom stereocenters. The maximum Gasteiger partial charge on any atom is 0.407 e. The van der Waals surface area contributed by atoms with Crippen LogP contribution in [0.25, 0.3) is 11.1 Å². The van der Waals surface area contributed by atoms with E-state index in [1.165, 1.54) is 0 Å². The molecule has 2 amide bonds. The third-order valence-corrected chi connectivity index (χ3v) is 7.37. The summed E-state index contributed by atoms with van der Waals surface area (Å²) < 4.78 is 11.2. The summed E-state index contributed by atoms with van der Waals surface area (Å²) in [5.74, 6) is -1.62. The second-order valence-electron chi connectivity index (χ2n) is 9.56. The van der Waals surface area contributed by atoms with Crippen LogP contribution < -0.4 is 10.6 Å². The standard InChI is InChI=1S/C27H30N2O6/c30-25(28-17-7-5-6-16(14-17)26(31)32)24-23(12-13-34-24)29-27(33)35-15-22-20-10-3-1-8-18(20)19-9-2-4-11-21(19)22/h1-4,8-11,16-17,22-24H,5-7,12-15H2,(H,28,30)(H,29,33)(H,31,32)/t16-,17-,23+,24-/m1/s1. The third kappa shape index (κ3) is 4.89. The van der Waals surface area contributed by atoms with Crippen molar-refractivity contribution in [2.45, 2.75) is 56.2 Å². The summed E-state index contributed by atoms with van der Waals surface area (Å²) in [5, 5.41) is 15.0. The molecule has 8 nitrogen and oxygen atoms in total. The van der Waals surface area contributed by atoms with Gasteiger partial charge in [0.2, 0.25) is 0 Å². The summed E-state index contributed by atoms with van der Waals surface area (Å²) in [5.41, 5.74) is 4.59. The third-order valence-electron chi connectivity index (χ3n) is 7.37. The lowest BCUT2D eigenvalue weighted by Crippen LogP contribution is -2.51. The SMILES string of the molecule is O=C(N[C@H]1CCO[C@H]1C(=O)N[C@@H]1CCC[C@@H](C(=O)O)C1)OCC1c2ccccc2-c2ccccc21. The first-order valence-electron chi connectivity index (χ1n) is 12.3. The van der Waals surface area contributed by atoms with Crippen LogP contribution in [0, 0.1) is 5.92 Å². The van der Waals surface area contributed by atoms with E-state index in [9.17, 15) is 19.5 Å². The maximum absolute atomic E-state index is 12.8. The van der Waals surface area contributed by atoms with Crippen molar-refractivity contribution in [3.8, 4) is 11.1 Å². The summed E-state index contributed by atoms with van der Waals surface area (Å²) in [6.07, 6.45) is 1.66. The number of nitrogens with one attached hydrogen (secondary N) is 2. The number of hydrogen-bond acceptors (Lipinski definition) is 5. The van der Waals surface area contributed by atoms with Crippen LogP contribution in [-0.2, 0) is 19.1 Å². The molecule has 35 heavy (non-hydrogen) atoms. The number of hydrogen-bond donors (Lipinski definition) is 3. The van der Waals surface area contributed by atoms with Gasteiger partial charge >= 0.3 is 12.1 Å². The monoisotopic (exact) mass is 478 g/mol. The first-order chi connectivity index (χ1) is 17.0. The predicted octanol–water partition coefficient (Wildman–Crippen LogP) is 3.44. The molecular formula is C27H30N2O6. The number of carboxylic acids is 1. The second-order valence-corrected chi connectivity index (χ2v) is 9.56. The number of carbonyl (C=O) groups is 3. The Morgan fingerprint density at radius 1 is 0.943 bits per heavy atom. The van der Waals surface area contributed by atoms with Crippen LogP contribution >= 0.6 is 0 Å². The number of carboxylic acid groups (broad SMARTS) is 1. The minimum absolute atomic E-state index is 0.0412. The summed E-state index contributed by atoms with van der Waals surface area (Å²) in [7, 11) is 0. The minimum atomic E-state index is -0.823. The van der Waals surface area contributed by atoms with Gasteiger partial charge in [0.25, 0.3) is 5.91 Å². The van der Waals surface area contributed by atoms with Gasteiger partial charge in [-0.2, -0.15) is 0 Å². The minimum Gasteiger partial charge on any atom is -0.481 e. The number of amides is 2. The molecule has 2 aliphatic carbocycles. The lowest BCUT2D eigenvalue weighted by atomic mass is 9.85. The van der Waals surface area contributed by atoms with E-state index in [2.05, 4.69) is 34.9 Å². The van der Waals surface area contributed by atoms with Crippen LogP contribution in [0.15, 0.2) is 48.5 Å². The number of alkyl carbamates (subject to hydrolysis) is 1. The van der Waals surface area contributed by atoms with E-state index in [1.54, 1.807) is 0 Å². The molecule has 2 aromatic rings. The molecule has 5 rings (SSSR count). The summed E-state index contributed by atoms with van der Waals surface area (Å²) in [6, 6.07) is 15.6. The van der Waals surface area contributed by atoms with Gasteiger partial charge in [-0.15, -0.1) is 0 Å². The van der Waals surface area contributed by atoms with E-state index in [0.29, 0.717) is 25.9 Å². The molecule has 1 saturated heterocycles. The highest BCUT2D eigenvalue weighted by Gasteiger charge is 2.38. The average molecular weight is 479 g/mol. The Morgan fingerprint density at radius 2 is 1.63 bits per heavy atom. The van der Waals surface area contributed by atoms with Gasteiger partial charge in [0.05, 0.1) is 12.0 Å². The predicted molar refractivity (Wildman–Crippen MR) is 128 cm³/mol. The molecule has 0 spiro atoms. The van der Waals surface area contributed by atoms with E-state index >= 15 is 0 Å². The molecule has 1 saturated carbocycles. The Balaban J connectivity index is 1.17. The number of rotatable bonds is 6. The van der Waals surface area contributed by atoms with Crippen molar-refractivity contribution < 1.29 is 29.0 Å². The fraction of sp³-hybridized carbons (Fsp3) is 0.444. The van der Waals surface area contributed by atoms with Crippen LogP contribution in [0.1, 0.15) is 49.1 Å². The van der Waals surface area contributed by atoms with Crippen molar-refractivity contribution in [2.24, 2.45) is 5.92 Å². The molecular weight excluding hydrogens is 448 g/mol. The molecule has 3 N–H and O–H groups in total. The molecule has 2 fully saturated rings. The molecule has 2 aromatic carbocycles. The topological polar surface area (TPSA) is 114 Å². The number of ether oxygens (including phenoxy) is 2. The Bertz CT molecular complexity index is 1070. The Hall–Kier alpha value is -3.39. The molecule has 1 aliphatic heterocycles. The van der Waals surface area contributed by atoms with Crippen molar-refractivity contribution in [1.82, 2.24) is 10.6 Å². The Morgan fingerprint density at radius 3 is 2.31 bits per heavy atom. The first-order valence-corrected chi connectivity index (χ1v) is 12.3. The van der Waals surface area contributed by atoms with Gasteiger partial charge < -0.3 is 25.2 Å². The summed E-state index contributed by atoms with van der Waals surface area (Å²) in [4.78, 5) is 36.8. The zero-order valence-electron chi connectivity index (χ0n) is 19.4. The number of fused-ring (bicyclic) bond motifs is 3. The Kier molecular flexibility index (Phi) is 6.72. The molecule has 8 heteroatoms. The zero-order valence-corrected chi connectivity index (χ0v) is 19.4. The zero-order chi connectivity index (χ0) is 24.4. The lowest BCUT2D eigenvalue weighted by molar-refractivity contribution is -0.143. The number of benzene rings is 2. The molecule has 0 aromatic heterocycles. The molecule has 0 bridgehead atoms. The Labute approximate surface area is 204 Å². The largest absolute Gasteiger partial charge is 0.481 e. The molecule has 1 heterocycles. The van der Waals surface area contributed by atoms with Gasteiger partial charge in [-0.25, -0.2) is 4.79 Å². The average Bonchev–Trinajstić information content (AvgIpc) is 3.45. The van der Waals surface area contributed by atoms with Gasteiger partial charge in [-0.3, -0.25) is 9.59 Å². The van der Waals surface area contributed by atoms with E-state index in [0.717, 1.165) is 35.1 Å². The van der Waals surface area contributed by atoms with Gasteiger partial charge in [-0.1, -0.05) is 55.0 Å². The summed E-state index contributed by atoms with van der Waals surface area (Å²) >= 11 is 0. The van der Waals surface area contributed by atoms with Gasteiger partial charge in [0.15, 0.2) is 6.10 Å². The number of aliphatic carboxylic acids is 1. The van der Waals surface area contributed by atoms with Crippen molar-refractivity contribution in [2.75, 3.05) is 13.2 Å². The van der Waals surface area contributed by atoms with E-state index in [1.807, 2.05) is 24.3 Å². The van der Waals surface area contributed by atoms with Gasteiger partial charge in [-0.05, 0) is 47.9 Å². The van der Waals surface area contributed by atoms with E-state index in [4.69, 9.17) is 9.47 Å². The van der Waals surface area contributed by atoms with E-state index < -0.39 is 30.1 Å². The molecule has 4 atom stereocenters. The lowest BCUT2D eigenvalue weighted by Gasteiger charge is -2.29. The quantitative estimate of drug-likeness (QED) is 0.586. The molecule has 0 radical (unpaired) electrons. The summed E-state index contributed by atoms with van der Waals surface area (Å²) in [6.45, 7) is 0.553. The fourth-order valence-electron chi connectivity index (χ4n) is 5.62. The van der Waals surface area contributed by atoms with Crippen molar-refractivity contribution in [3.05, 3.63) is 59.7 Å². The van der Waals surface area contributed by atoms with E-state index in [-0.39, 0.29) is 24.5 Å². The maximum atomic E-state index is 12.8. The normalized spacial score (nSPS) is 25.4. The molecule has 184 valence electrons. The van der Waals surface area contributed by atoms with Crippen molar-refractivity contribution in [1.29, 1.82) is 0 Å². The first kappa shape index (κ1) is 23.4. The van der Waals surface area contributed by atoms with Crippen LogP contribution in [0.2, 0.25) is 0 Å². The van der Waals surface area contributed by atoms with Crippen LogP contribution in [0.5, 0.6) is 0 Å². The molecule has 3 aliphatic rings. The van der Waals surface area contributed by atoms with Crippen LogP contribution in [0.3, 0.4) is 0 Å². The number of carbonyl (C=O) groups excluding carboxylic acids is 2. The van der Waals surface area contributed by atoms with Gasteiger partial charge in [0, 0.05) is 18.6 Å². The highest BCUT2D eigenvalue weighted by atomic mass is 16.6. The van der Waals surface area contributed by atoms with Gasteiger partial charge in [0.1, 0.15) is 6.61 Å². The fourth-order valence-corrected chi connectivity index (χ4v) is 5.62. The highest BCUT2D eigenvalue weighted by molar-refractivity contribution is 5.83. The van der Waals surface area contributed by atoms with Crippen molar-refractivity contribution >= 4 is 18.0 Å². The van der Waals surface area contributed by atoms with Crippen molar-refractivity contribution in [3.63, 3.8) is 0 Å². The smallest absolute Gasteiger partial charge is 0.407 e. The second kappa shape index (κ2) is 10.1.